The van der Waals surface area contributed by atoms with Crippen LogP contribution in [0.5, 0.6) is 0 Å². The van der Waals surface area contributed by atoms with Gasteiger partial charge in [0.15, 0.2) is 0 Å². The first-order valence-electron chi connectivity index (χ1n) is 7.77. The summed E-state index contributed by atoms with van der Waals surface area (Å²) in [6.45, 7) is 3.31. The van der Waals surface area contributed by atoms with Crippen LogP contribution in [-0.4, -0.2) is 22.0 Å². The number of aryl methyl sites for hydroxylation is 1. The van der Waals surface area contributed by atoms with E-state index in [0.29, 0.717) is 16.7 Å². The second-order valence-electron chi connectivity index (χ2n) is 5.94. The van der Waals surface area contributed by atoms with Crippen LogP contribution in [0.1, 0.15) is 40.9 Å². The summed E-state index contributed by atoms with van der Waals surface area (Å²) in [7, 11) is 0. The number of nitrogens with zero attached hydrogens (tertiary/aromatic N) is 1. The second kappa shape index (κ2) is 7.85. The van der Waals surface area contributed by atoms with E-state index in [1.165, 1.54) is 42.5 Å². The minimum Gasteiger partial charge on any atom is -0.388 e. The summed E-state index contributed by atoms with van der Waals surface area (Å²) >= 11 is 0. The molecule has 0 saturated heterocycles. The van der Waals surface area contributed by atoms with Gasteiger partial charge in [-0.05, 0) is 50.1 Å². The third-order valence-electron chi connectivity index (χ3n) is 3.86. The first-order chi connectivity index (χ1) is 11.8. The molecular formula is C18H19FN2O4. The van der Waals surface area contributed by atoms with Gasteiger partial charge in [0.25, 0.3) is 11.6 Å². The zero-order chi connectivity index (χ0) is 18.6. The molecule has 0 saturated carbocycles. The number of benzene rings is 2. The van der Waals surface area contributed by atoms with E-state index in [1.807, 2.05) is 0 Å². The molecule has 7 heteroatoms. The number of amides is 1. The van der Waals surface area contributed by atoms with Gasteiger partial charge in [0.1, 0.15) is 5.82 Å². The fourth-order valence-corrected chi connectivity index (χ4v) is 2.52. The highest BCUT2D eigenvalue weighted by Crippen LogP contribution is 2.20. The Kier molecular flexibility index (Phi) is 5.82. The summed E-state index contributed by atoms with van der Waals surface area (Å²) in [6, 6.07) is 9.32. The van der Waals surface area contributed by atoms with Crippen molar-refractivity contribution in [3.63, 3.8) is 0 Å². The van der Waals surface area contributed by atoms with Crippen molar-refractivity contribution in [3.8, 4) is 0 Å². The van der Waals surface area contributed by atoms with E-state index in [-0.39, 0.29) is 29.9 Å². The summed E-state index contributed by atoms with van der Waals surface area (Å²) in [4.78, 5) is 22.5. The molecule has 0 fully saturated rings. The van der Waals surface area contributed by atoms with Crippen molar-refractivity contribution < 1.29 is 19.2 Å². The van der Waals surface area contributed by atoms with Crippen LogP contribution in [0.3, 0.4) is 0 Å². The maximum absolute atomic E-state index is 12.9. The molecule has 0 spiro atoms. The zero-order valence-corrected chi connectivity index (χ0v) is 13.9. The number of carbonyl (C=O) groups excluding carboxylic acids is 1. The number of nitrogens with one attached hydrogen (secondary N) is 1. The van der Waals surface area contributed by atoms with Gasteiger partial charge in [0, 0.05) is 23.2 Å². The van der Waals surface area contributed by atoms with E-state index in [4.69, 9.17) is 0 Å². The molecule has 0 aliphatic heterocycles. The van der Waals surface area contributed by atoms with Crippen molar-refractivity contribution in [1.29, 1.82) is 0 Å². The largest absolute Gasteiger partial charge is 0.388 e. The Hall–Kier alpha value is -2.80. The van der Waals surface area contributed by atoms with Gasteiger partial charge in [-0.3, -0.25) is 14.9 Å². The topological polar surface area (TPSA) is 92.5 Å². The fraction of sp³-hybridized carbons (Fsp3) is 0.278. The van der Waals surface area contributed by atoms with Crippen LogP contribution in [0.15, 0.2) is 42.5 Å². The van der Waals surface area contributed by atoms with Crippen LogP contribution in [0.2, 0.25) is 0 Å². The third-order valence-corrected chi connectivity index (χ3v) is 3.86. The van der Waals surface area contributed by atoms with Crippen LogP contribution >= 0.6 is 0 Å². The number of hydrogen-bond acceptors (Lipinski definition) is 4. The van der Waals surface area contributed by atoms with Crippen LogP contribution < -0.4 is 5.32 Å². The molecule has 0 aliphatic carbocycles. The molecular weight excluding hydrogens is 327 g/mol. The smallest absolute Gasteiger partial charge is 0.272 e. The molecule has 0 bridgehead atoms. The highest BCUT2D eigenvalue weighted by Gasteiger charge is 2.17. The summed E-state index contributed by atoms with van der Waals surface area (Å²) in [6.07, 6.45) is -0.585. The first-order valence-corrected chi connectivity index (χ1v) is 7.77. The molecule has 1 amide bonds. The number of aliphatic hydroxyl groups is 1. The lowest BCUT2D eigenvalue weighted by molar-refractivity contribution is -0.385. The molecule has 2 aromatic rings. The maximum atomic E-state index is 12.9. The lowest BCUT2D eigenvalue weighted by atomic mass is 10.0. The van der Waals surface area contributed by atoms with Gasteiger partial charge in [-0.1, -0.05) is 12.1 Å². The van der Waals surface area contributed by atoms with E-state index in [9.17, 15) is 24.4 Å². The van der Waals surface area contributed by atoms with Gasteiger partial charge in [-0.25, -0.2) is 4.39 Å². The molecule has 25 heavy (non-hydrogen) atoms. The van der Waals surface area contributed by atoms with Gasteiger partial charge < -0.3 is 10.4 Å². The summed E-state index contributed by atoms with van der Waals surface area (Å²) < 4.78 is 12.9. The quantitative estimate of drug-likeness (QED) is 0.620. The number of hydrogen-bond donors (Lipinski definition) is 2. The Morgan fingerprint density at radius 3 is 2.48 bits per heavy atom. The van der Waals surface area contributed by atoms with Gasteiger partial charge in [0.2, 0.25) is 0 Å². The van der Waals surface area contributed by atoms with Crippen LogP contribution in [0, 0.1) is 22.9 Å². The highest BCUT2D eigenvalue weighted by atomic mass is 19.1. The number of carbonyl (C=O) groups is 1. The molecule has 0 heterocycles. The predicted molar refractivity (Wildman–Crippen MR) is 90.7 cm³/mol. The normalized spacial score (nSPS) is 13.1. The minimum atomic E-state index is -0.838. The average molecular weight is 346 g/mol. The first kappa shape index (κ1) is 18.5. The summed E-state index contributed by atoms with van der Waals surface area (Å²) in [5.74, 6) is -0.761. The molecule has 2 aromatic carbocycles. The molecule has 0 unspecified atom stereocenters. The molecule has 0 radical (unpaired) electrons. The van der Waals surface area contributed by atoms with Crippen molar-refractivity contribution in [2.75, 3.05) is 0 Å². The molecule has 132 valence electrons. The van der Waals surface area contributed by atoms with E-state index in [2.05, 4.69) is 5.32 Å². The summed E-state index contributed by atoms with van der Waals surface area (Å²) in [5, 5.41) is 23.7. The maximum Gasteiger partial charge on any atom is 0.272 e. The highest BCUT2D eigenvalue weighted by molar-refractivity contribution is 5.94. The van der Waals surface area contributed by atoms with Crippen molar-refractivity contribution in [2.24, 2.45) is 0 Å². The molecule has 0 aliphatic rings. The zero-order valence-electron chi connectivity index (χ0n) is 13.9. The third kappa shape index (κ3) is 4.84. The lowest BCUT2D eigenvalue weighted by Crippen LogP contribution is -2.33. The van der Waals surface area contributed by atoms with Crippen molar-refractivity contribution in [2.45, 2.75) is 32.4 Å². The molecule has 2 N–H and O–H groups in total. The Morgan fingerprint density at radius 2 is 1.92 bits per heavy atom. The monoisotopic (exact) mass is 346 g/mol. The summed E-state index contributed by atoms with van der Waals surface area (Å²) in [5.41, 5.74) is 1.23. The molecule has 0 aromatic heterocycles. The van der Waals surface area contributed by atoms with Gasteiger partial charge in [0.05, 0.1) is 11.0 Å². The number of rotatable bonds is 6. The van der Waals surface area contributed by atoms with E-state index >= 15 is 0 Å². The molecule has 2 atom stereocenters. The van der Waals surface area contributed by atoms with Crippen molar-refractivity contribution >= 4 is 11.6 Å². The Bertz CT molecular complexity index is 777. The van der Waals surface area contributed by atoms with Gasteiger partial charge in [-0.15, -0.1) is 0 Å². The van der Waals surface area contributed by atoms with E-state index in [0.717, 1.165) is 0 Å². The standard InChI is InChI=1S/C18H19FN2O4/c1-11-9-14(5-8-16(11)21(24)25)18(23)20-12(2)10-17(22)13-3-6-15(19)7-4-13/h3-9,12,17,22H,10H2,1-2H3,(H,20,23)/t12-,17+/m0/s1. The minimum absolute atomic E-state index is 0.0451. The van der Waals surface area contributed by atoms with Crippen molar-refractivity contribution in [1.82, 2.24) is 5.32 Å². The Morgan fingerprint density at radius 1 is 1.28 bits per heavy atom. The SMILES string of the molecule is Cc1cc(C(=O)N[C@@H](C)C[C@@H](O)c2ccc(F)cc2)ccc1[N+](=O)[O-]. The second-order valence-corrected chi connectivity index (χ2v) is 5.94. The number of nitro groups is 1. The fourth-order valence-electron chi connectivity index (χ4n) is 2.52. The number of nitro benzene ring substituents is 1. The van der Waals surface area contributed by atoms with Crippen LogP contribution in [-0.2, 0) is 0 Å². The van der Waals surface area contributed by atoms with Crippen LogP contribution in [0.4, 0.5) is 10.1 Å². The average Bonchev–Trinajstić information content (AvgIpc) is 2.54. The van der Waals surface area contributed by atoms with Gasteiger partial charge >= 0.3 is 0 Å². The molecule has 6 nitrogen and oxygen atoms in total. The molecule has 2 rings (SSSR count). The van der Waals surface area contributed by atoms with Crippen molar-refractivity contribution in [3.05, 3.63) is 75.1 Å². The van der Waals surface area contributed by atoms with E-state index in [1.54, 1.807) is 13.8 Å². The van der Waals surface area contributed by atoms with E-state index < -0.39 is 11.0 Å². The van der Waals surface area contributed by atoms with Gasteiger partial charge in [-0.2, -0.15) is 0 Å². The number of aliphatic hydroxyl groups excluding tert-OH is 1. The van der Waals surface area contributed by atoms with Crippen LogP contribution in [0.25, 0.3) is 0 Å². The Balaban J connectivity index is 1.98. The lowest BCUT2D eigenvalue weighted by Gasteiger charge is -2.18. The predicted octanol–water partition coefficient (Wildman–Crippen LogP) is 3.28. The Labute approximate surface area is 144 Å². The number of halogens is 1.